The van der Waals surface area contributed by atoms with Gasteiger partial charge in [0.1, 0.15) is 5.92 Å². The van der Waals surface area contributed by atoms with Crippen molar-refractivity contribution in [3.63, 3.8) is 0 Å². The van der Waals surface area contributed by atoms with Gasteiger partial charge in [0.05, 0.1) is 18.8 Å². The number of hydrogen-bond donors (Lipinski definition) is 1. The summed E-state index contributed by atoms with van der Waals surface area (Å²) in [5, 5.41) is 3.30. The number of nitrogens with one attached hydrogen (secondary N) is 1. The minimum atomic E-state index is -0.900. The van der Waals surface area contributed by atoms with Crippen molar-refractivity contribution in [1.29, 1.82) is 0 Å². The predicted molar refractivity (Wildman–Crippen MR) is 136 cm³/mol. The zero-order chi connectivity index (χ0) is 25.9. The Morgan fingerprint density at radius 2 is 1.77 bits per heavy atom. The van der Waals surface area contributed by atoms with Gasteiger partial charge in [-0.25, -0.2) is 4.79 Å². The van der Waals surface area contributed by atoms with E-state index in [-0.39, 0.29) is 17.8 Å². The lowest BCUT2D eigenvalue weighted by Crippen LogP contribution is -2.43. The monoisotopic (exact) mass is 482 g/mol. The van der Waals surface area contributed by atoms with Gasteiger partial charge in [0.15, 0.2) is 5.78 Å². The van der Waals surface area contributed by atoms with Crippen molar-refractivity contribution in [2.75, 3.05) is 25.1 Å². The van der Waals surface area contributed by atoms with E-state index in [0.29, 0.717) is 29.7 Å². The molecule has 0 saturated carbocycles. The summed E-state index contributed by atoms with van der Waals surface area (Å²) in [5.74, 6) is -3.02. The number of ether oxygens (including phenoxy) is 2. The van der Waals surface area contributed by atoms with E-state index in [4.69, 9.17) is 9.47 Å². The summed E-state index contributed by atoms with van der Waals surface area (Å²) in [5.41, 5.74) is 4.19. The zero-order valence-electron chi connectivity index (χ0n) is 21.9. The first-order valence-electron chi connectivity index (χ1n) is 12.6. The van der Waals surface area contributed by atoms with E-state index in [9.17, 15) is 14.4 Å². The van der Waals surface area contributed by atoms with Gasteiger partial charge in [0.2, 0.25) is 0 Å². The Kier molecular flexibility index (Phi) is 8.41. The van der Waals surface area contributed by atoms with Crippen molar-refractivity contribution >= 4 is 23.4 Å². The number of ketones is 1. The largest absolute Gasteiger partial charge is 0.468 e. The van der Waals surface area contributed by atoms with Gasteiger partial charge in [-0.2, -0.15) is 0 Å². The Hall–Kier alpha value is -3.09. The third kappa shape index (κ3) is 5.14. The van der Waals surface area contributed by atoms with E-state index in [1.807, 2.05) is 52.0 Å². The predicted octanol–water partition coefficient (Wildman–Crippen LogP) is 4.49. The second kappa shape index (κ2) is 11.1. The molecule has 0 amide bonds. The van der Waals surface area contributed by atoms with Crippen LogP contribution in [0.4, 0.5) is 5.69 Å². The second-order valence-corrected chi connectivity index (χ2v) is 9.42. The summed E-state index contributed by atoms with van der Waals surface area (Å²) in [6, 6.07) is 7.98. The van der Waals surface area contributed by atoms with Crippen molar-refractivity contribution in [3.8, 4) is 0 Å². The van der Waals surface area contributed by atoms with Crippen molar-refractivity contribution in [1.82, 2.24) is 5.32 Å². The molecular formula is C28H38N2O5. The average Bonchev–Trinajstić information content (AvgIpc) is 2.83. The SMILES string of the molecule is CC[C@H](C)OC(=O)C1=C(C)NC2=C(C(=O)[C@@H](C(=O)OC)[C@@H](C)C2)[C@@H]1c1ccc(N(CC)CC)cc1. The maximum absolute atomic E-state index is 13.8. The van der Waals surface area contributed by atoms with Crippen LogP contribution < -0.4 is 10.2 Å². The van der Waals surface area contributed by atoms with E-state index in [2.05, 4.69) is 24.1 Å². The minimum absolute atomic E-state index is 0.215. The second-order valence-electron chi connectivity index (χ2n) is 9.42. The van der Waals surface area contributed by atoms with Crippen molar-refractivity contribution < 1.29 is 23.9 Å². The van der Waals surface area contributed by atoms with E-state index in [1.54, 1.807) is 0 Å². The maximum atomic E-state index is 13.8. The highest BCUT2D eigenvalue weighted by atomic mass is 16.5. The molecule has 0 spiro atoms. The lowest BCUT2D eigenvalue weighted by molar-refractivity contribution is -0.151. The fraction of sp³-hybridized carbons (Fsp3) is 0.536. The molecular weight excluding hydrogens is 444 g/mol. The van der Waals surface area contributed by atoms with E-state index >= 15 is 0 Å². The van der Waals surface area contributed by atoms with Crippen LogP contribution in [0.15, 0.2) is 46.8 Å². The van der Waals surface area contributed by atoms with Gasteiger partial charge >= 0.3 is 11.9 Å². The topological polar surface area (TPSA) is 84.9 Å². The molecule has 1 aromatic rings. The molecule has 1 heterocycles. The first-order chi connectivity index (χ1) is 16.7. The molecule has 0 fully saturated rings. The van der Waals surface area contributed by atoms with Gasteiger partial charge in [-0.3, -0.25) is 9.59 Å². The van der Waals surface area contributed by atoms with E-state index < -0.39 is 23.8 Å². The smallest absolute Gasteiger partial charge is 0.337 e. The first-order valence-corrected chi connectivity index (χ1v) is 12.6. The number of carbonyl (C=O) groups is 3. The lowest BCUT2D eigenvalue weighted by Gasteiger charge is -2.38. The fourth-order valence-electron chi connectivity index (χ4n) is 5.08. The summed E-state index contributed by atoms with van der Waals surface area (Å²) in [4.78, 5) is 42.0. The molecule has 0 aromatic heterocycles. The Morgan fingerprint density at radius 1 is 1.14 bits per heavy atom. The van der Waals surface area contributed by atoms with E-state index in [1.165, 1.54) is 7.11 Å². The molecule has 0 radical (unpaired) electrons. The molecule has 1 aromatic carbocycles. The Balaban J connectivity index is 2.15. The number of allylic oxidation sites excluding steroid dienone is 3. The number of carbonyl (C=O) groups excluding carboxylic acids is 3. The number of Topliss-reactive ketones (excluding diaryl/α,β-unsaturated/α-hetero) is 1. The summed E-state index contributed by atoms with van der Waals surface area (Å²) in [6.07, 6.45) is 0.942. The summed E-state index contributed by atoms with van der Waals surface area (Å²) in [6.45, 7) is 13.5. The van der Waals surface area contributed by atoms with Crippen LogP contribution in [-0.2, 0) is 23.9 Å². The van der Waals surface area contributed by atoms with Gasteiger partial charge in [-0.05, 0) is 64.2 Å². The number of methoxy groups -OCH3 is 1. The lowest BCUT2D eigenvalue weighted by atomic mass is 9.69. The van der Waals surface area contributed by atoms with E-state index in [0.717, 1.165) is 30.0 Å². The summed E-state index contributed by atoms with van der Waals surface area (Å²) in [7, 11) is 1.30. The molecule has 3 rings (SSSR count). The summed E-state index contributed by atoms with van der Waals surface area (Å²) >= 11 is 0. The van der Waals surface area contributed by atoms with Gasteiger partial charge in [-0.1, -0.05) is 26.0 Å². The molecule has 2 aliphatic rings. The van der Waals surface area contributed by atoms with Crippen molar-refractivity contribution in [3.05, 3.63) is 52.4 Å². The van der Waals surface area contributed by atoms with Crippen LogP contribution in [0.1, 0.15) is 65.9 Å². The van der Waals surface area contributed by atoms with Gasteiger partial charge in [-0.15, -0.1) is 0 Å². The van der Waals surface area contributed by atoms with Gasteiger partial charge < -0.3 is 19.7 Å². The molecule has 0 unspecified atom stereocenters. The molecule has 0 bridgehead atoms. The third-order valence-corrected chi connectivity index (χ3v) is 7.20. The van der Waals surface area contributed by atoms with Crippen LogP contribution in [0.25, 0.3) is 0 Å². The number of hydrogen-bond acceptors (Lipinski definition) is 7. The van der Waals surface area contributed by atoms with Gasteiger partial charge in [0.25, 0.3) is 0 Å². The molecule has 35 heavy (non-hydrogen) atoms. The zero-order valence-corrected chi connectivity index (χ0v) is 21.9. The number of esters is 2. The number of rotatable bonds is 8. The number of benzene rings is 1. The molecule has 1 aliphatic heterocycles. The highest BCUT2D eigenvalue weighted by Gasteiger charge is 2.47. The quantitative estimate of drug-likeness (QED) is 0.432. The highest BCUT2D eigenvalue weighted by molar-refractivity contribution is 6.12. The fourth-order valence-corrected chi connectivity index (χ4v) is 5.08. The minimum Gasteiger partial charge on any atom is -0.468 e. The normalized spacial score (nSPS) is 22.8. The maximum Gasteiger partial charge on any atom is 0.337 e. The number of nitrogens with zero attached hydrogens (tertiary/aromatic N) is 1. The molecule has 4 atom stereocenters. The number of anilines is 1. The standard InChI is InChI=1S/C28H38N2O5/c1-8-17(5)35-28(33)23-18(6)29-21-15-16(4)22(27(32)34-7)26(31)25(21)24(23)19-11-13-20(14-12-19)30(9-2)10-3/h11-14,16-17,22,24,29H,8-10,15H2,1-7H3/t16-,17-,22-,24+/m0/s1. The van der Waals surface area contributed by atoms with Crippen LogP contribution >= 0.6 is 0 Å². The van der Waals surface area contributed by atoms with Crippen LogP contribution in [0.3, 0.4) is 0 Å². The first kappa shape index (κ1) is 26.5. The van der Waals surface area contributed by atoms with Crippen LogP contribution in [0.2, 0.25) is 0 Å². The molecule has 1 N–H and O–H groups in total. The van der Waals surface area contributed by atoms with Crippen LogP contribution in [0, 0.1) is 11.8 Å². The number of dihydropyridines is 1. The highest BCUT2D eigenvalue weighted by Crippen LogP contribution is 2.45. The Bertz CT molecular complexity index is 1040. The Morgan fingerprint density at radius 3 is 2.31 bits per heavy atom. The van der Waals surface area contributed by atoms with Gasteiger partial charge in [0, 0.05) is 41.7 Å². The molecule has 7 nitrogen and oxygen atoms in total. The third-order valence-electron chi connectivity index (χ3n) is 7.20. The Labute approximate surface area is 208 Å². The van der Waals surface area contributed by atoms with Crippen LogP contribution in [0.5, 0.6) is 0 Å². The molecule has 1 aliphatic carbocycles. The molecule has 190 valence electrons. The van der Waals surface area contributed by atoms with Crippen molar-refractivity contribution in [2.24, 2.45) is 11.8 Å². The molecule has 0 saturated heterocycles. The average molecular weight is 483 g/mol. The van der Waals surface area contributed by atoms with Crippen molar-refractivity contribution in [2.45, 2.75) is 66.4 Å². The van der Waals surface area contributed by atoms with Crippen LogP contribution in [-0.4, -0.2) is 44.0 Å². The summed E-state index contributed by atoms with van der Waals surface area (Å²) < 4.78 is 10.7. The molecule has 7 heteroatoms.